The van der Waals surface area contributed by atoms with Crippen molar-refractivity contribution in [1.82, 2.24) is 0 Å². The van der Waals surface area contributed by atoms with Gasteiger partial charge in [0.05, 0.1) is 11.1 Å². The van der Waals surface area contributed by atoms with Crippen LogP contribution in [0.15, 0.2) is 22.7 Å². The van der Waals surface area contributed by atoms with Crippen LogP contribution in [-0.4, -0.2) is 6.61 Å². The molecular formula is C11H13BrO. The van der Waals surface area contributed by atoms with Crippen molar-refractivity contribution >= 4 is 15.9 Å². The first-order valence-electron chi connectivity index (χ1n) is 4.74. The Labute approximate surface area is 87.2 Å². The highest BCUT2D eigenvalue weighted by Gasteiger charge is 2.21. The molecule has 2 rings (SSSR count). The van der Waals surface area contributed by atoms with Crippen LogP contribution in [0.3, 0.4) is 0 Å². The normalized spacial score (nSPS) is 20.6. The van der Waals surface area contributed by atoms with Crippen LogP contribution in [0, 0.1) is 0 Å². The molecule has 1 aromatic rings. The van der Waals surface area contributed by atoms with Crippen molar-refractivity contribution in [3.05, 3.63) is 28.2 Å². The summed E-state index contributed by atoms with van der Waals surface area (Å²) in [6.07, 6.45) is 2.35. The van der Waals surface area contributed by atoms with Gasteiger partial charge in [-0.2, -0.15) is 0 Å². The van der Waals surface area contributed by atoms with E-state index < -0.39 is 0 Å². The second kappa shape index (κ2) is 3.70. The van der Waals surface area contributed by atoms with Crippen LogP contribution in [0.1, 0.15) is 31.2 Å². The molecule has 1 heterocycles. The molecule has 70 valence electrons. The van der Waals surface area contributed by atoms with Crippen LogP contribution < -0.4 is 4.74 Å². The number of rotatable bonds is 1. The average molecular weight is 241 g/mol. The van der Waals surface area contributed by atoms with Gasteiger partial charge in [0.2, 0.25) is 0 Å². The van der Waals surface area contributed by atoms with E-state index in [0.29, 0.717) is 5.92 Å². The monoisotopic (exact) mass is 240 g/mol. The number of ether oxygens (including phenoxy) is 1. The molecule has 0 radical (unpaired) electrons. The van der Waals surface area contributed by atoms with Crippen molar-refractivity contribution in [3.63, 3.8) is 0 Å². The third-order valence-electron chi connectivity index (χ3n) is 2.64. The Morgan fingerprint density at radius 2 is 2.38 bits per heavy atom. The Morgan fingerprint density at radius 3 is 3.15 bits per heavy atom. The highest BCUT2D eigenvalue weighted by atomic mass is 79.9. The van der Waals surface area contributed by atoms with E-state index in [1.807, 2.05) is 6.07 Å². The Morgan fingerprint density at radius 1 is 1.54 bits per heavy atom. The van der Waals surface area contributed by atoms with Crippen molar-refractivity contribution < 1.29 is 4.74 Å². The topological polar surface area (TPSA) is 9.23 Å². The molecule has 0 saturated carbocycles. The molecule has 1 atom stereocenters. The van der Waals surface area contributed by atoms with Gasteiger partial charge in [-0.25, -0.2) is 0 Å². The van der Waals surface area contributed by atoms with E-state index >= 15 is 0 Å². The van der Waals surface area contributed by atoms with E-state index in [0.717, 1.165) is 23.2 Å². The molecule has 1 unspecified atom stereocenters. The molecular weight excluding hydrogens is 228 g/mol. The summed E-state index contributed by atoms with van der Waals surface area (Å²) in [5.41, 5.74) is 1.36. The number of benzene rings is 1. The Balaban J connectivity index is 2.45. The molecule has 13 heavy (non-hydrogen) atoms. The minimum absolute atomic E-state index is 0.682. The van der Waals surface area contributed by atoms with Gasteiger partial charge in [0.25, 0.3) is 0 Å². The maximum absolute atomic E-state index is 5.64. The van der Waals surface area contributed by atoms with Gasteiger partial charge < -0.3 is 4.74 Å². The third-order valence-corrected chi connectivity index (χ3v) is 3.27. The molecule has 0 saturated heterocycles. The van der Waals surface area contributed by atoms with Gasteiger partial charge in [0.1, 0.15) is 5.75 Å². The quantitative estimate of drug-likeness (QED) is 0.727. The van der Waals surface area contributed by atoms with E-state index in [4.69, 9.17) is 4.74 Å². The zero-order chi connectivity index (χ0) is 9.26. The van der Waals surface area contributed by atoms with Crippen molar-refractivity contribution in [1.29, 1.82) is 0 Å². The van der Waals surface area contributed by atoms with Gasteiger partial charge in [-0.15, -0.1) is 0 Å². The minimum Gasteiger partial charge on any atom is -0.492 e. The molecule has 0 N–H and O–H groups in total. The number of fused-ring (bicyclic) bond motifs is 1. The van der Waals surface area contributed by atoms with Crippen LogP contribution in [-0.2, 0) is 0 Å². The van der Waals surface area contributed by atoms with Crippen LogP contribution in [0.25, 0.3) is 0 Å². The molecule has 2 heteroatoms. The van der Waals surface area contributed by atoms with E-state index in [2.05, 4.69) is 35.0 Å². The lowest BCUT2D eigenvalue weighted by molar-refractivity contribution is 0.263. The first kappa shape index (κ1) is 9.07. The smallest absolute Gasteiger partial charge is 0.136 e. The maximum Gasteiger partial charge on any atom is 0.136 e. The second-order valence-corrected chi connectivity index (χ2v) is 4.25. The van der Waals surface area contributed by atoms with Crippen LogP contribution >= 0.6 is 15.9 Å². The summed E-state index contributed by atoms with van der Waals surface area (Å²) in [5, 5.41) is 0. The Bertz CT molecular complexity index is 309. The fourth-order valence-corrected chi connectivity index (χ4v) is 2.38. The third kappa shape index (κ3) is 1.60. The lowest BCUT2D eigenvalue weighted by atomic mass is 9.91. The highest BCUT2D eigenvalue weighted by molar-refractivity contribution is 9.10. The van der Waals surface area contributed by atoms with E-state index in [9.17, 15) is 0 Å². The Hall–Kier alpha value is -0.500. The van der Waals surface area contributed by atoms with Gasteiger partial charge in [0.15, 0.2) is 0 Å². The van der Waals surface area contributed by atoms with Crippen LogP contribution in [0.2, 0.25) is 0 Å². The molecule has 0 aromatic heterocycles. The van der Waals surface area contributed by atoms with E-state index in [1.54, 1.807) is 0 Å². The minimum atomic E-state index is 0.682. The van der Waals surface area contributed by atoms with Gasteiger partial charge in [-0.3, -0.25) is 0 Å². The van der Waals surface area contributed by atoms with Crippen molar-refractivity contribution in [2.45, 2.75) is 25.7 Å². The number of para-hydroxylation sites is 1. The molecule has 1 nitrogen and oxygen atoms in total. The standard InChI is InChI=1S/C11H13BrO/c1-2-8-6-7-13-11-9(8)4-3-5-10(11)12/h3-5,8H,2,6-7H2,1H3. The van der Waals surface area contributed by atoms with E-state index in [1.165, 1.54) is 12.0 Å². The van der Waals surface area contributed by atoms with E-state index in [-0.39, 0.29) is 0 Å². The average Bonchev–Trinajstić information content (AvgIpc) is 2.18. The largest absolute Gasteiger partial charge is 0.492 e. The fourth-order valence-electron chi connectivity index (χ4n) is 1.88. The molecule has 0 aliphatic carbocycles. The van der Waals surface area contributed by atoms with Crippen molar-refractivity contribution in [3.8, 4) is 5.75 Å². The Kier molecular flexibility index (Phi) is 2.58. The van der Waals surface area contributed by atoms with Crippen molar-refractivity contribution in [2.75, 3.05) is 6.61 Å². The SMILES string of the molecule is CCC1CCOc2c(Br)cccc21. The second-order valence-electron chi connectivity index (χ2n) is 3.40. The summed E-state index contributed by atoms with van der Waals surface area (Å²) >= 11 is 3.51. The number of halogens is 1. The molecule has 1 aromatic carbocycles. The van der Waals surface area contributed by atoms with Gasteiger partial charge >= 0.3 is 0 Å². The van der Waals surface area contributed by atoms with Crippen LogP contribution in [0.4, 0.5) is 0 Å². The molecule has 0 spiro atoms. The zero-order valence-corrected chi connectivity index (χ0v) is 9.30. The maximum atomic E-state index is 5.64. The number of hydrogen-bond acceptors (Lipinski definition) is 1. The summed E-state index contributed by atoms with van der Waals surface area (Å²) in [6, 6.07) is 6.30. The predicted molar refractivity (Wildman–Crippen MR) is 57.3 cm³/mol. The van der Waals surface area contributed by atoms with Crippen molar-refractivity contribution in [2.24, 2.45) is 0 Å². The van der Waals surface area contributed by atoms with Gasteiger partial charge in [-0.1, -0.05) is 19.1 Å². The molecule has 0 fully saturated rings. The molecule has 0 bridgehead atoms. The summed E-state index contributed by atoms with van der Waals surface area (Å²) < 4.78 is 6.73. The van der Waals surface area contributed by atoms with Gasteiger partial charge in [0, 0.05) is 0 Å². The summed E-state index contributed by atoms with van der Waals surface area (Å²) in [5.74, 6) is 1.74. The molecule has 0 amide bonds. The first-order valence-corrected chi connectivity index (χ1v) is 5.53. The van der Waals surface area contributed by atoms with Crippen LogP contribution in [0.5, 0.6) is 5.75 Å². The summed E-state index contributed by atoms with van der Waals surface area (Å²) in [4.78, 5) is 0. The lowest BCUT2D eigenvalue weighted by Crippen LogP contribution is -2.13. The molecule has 1 aliphatic rings. The van der Waals surface area contributed by atoms with Gasteiger partial charge in [-0.05, 0) is 46.3 Å². The predicted octanol–water partition coefficient (Wildman–Crippen LogP) is 3.73. The lowest BCUT2D eigenvalue weighted by Gasteiger charge is -2.25. The zero-order valence-electron chi connectivity index (χ0n) is 7.72. The highest BCUT2D eigenvalue weighted by Crippen LogP contribution is 2.39. The summed E-state index contributed by atoms with van der Waals surface area (Å²) in [7, 11) is 0. The number of hydrogen-bond donors (Lipinski definition) is 0. The fraction of sp³-hybridized carbons (Fsp3) is 0.455. The summed E-state index contributed by atoms with van der Waals surface area (Å²) in [6.45, 7) is 3.09. The first-order chi connectivity index (χ1) is 6.33. The molecule has 1 aliphatic heterocycles.